The second-order valence-corrected chi connectivity index (χ2v) is 7.42. The molecular weight excluding hydrogens is 334 g/mol. The van der Waals surface area contributed by atoms with Crippen molar-refractivity contribution in [3.63, 3.8) is 0 Å². The molecule has 0 amide bonds. The minimum atomic E-state index is -0.345. The largest absolute Gasteiger partial charge is 0.383 e. The molecule has 0 unspecified atom stereocenters. The average Bonchev–Trinajstić information content (AvgIpc) is 3.15. The molecule has 1 aromatic carbocycles. The van der Waals surface area contributed by atoms with Crippen LogP contribution in [0.3, 0.4) is 0 Å². The quantitative estimate of drug-likeness (QED) is 0.785. The first-order valence-corrected chi connectivity index (χ1v) is 8.88. The molecule has 6 nitrogen and oxygen atoms in total. The average molecular weight is 351 g/mol. The summed E-state index contributed by atoms with van der Waals surface area (Å²) in [5.74, 6) is 0.786. The van der Waals surface area contributed by atoms with E-state index in [1.807, 2.05) is 24.3 Å². The third-order valence-electron chi connectivity index (χ3n) is 3.97. The maximum absolute atomic E-state index is 12.5. The first kappa shape index (κ1) is 15.7. The second kappa shape index (κ2) is 5.93. The number of hydrogen-bond acceptors (Lipinski definition) is 6. The number of anilines is 1. The Hall–Kier alpha value is -2.80. The van der Waals surface area contributed by atoms with Crippen LogP contribution in [0.15, 0.2) is 34.1 Å². The van der Waals surface area contributed by atoms with Crippen LogP contribution >= 0.6 is 11.3 Å². The van der Waals surface area contributed by atoms with Crippen molar-refractivity contribution in [2.75, 3.05) is 5.73 Å². The van der Waals surface area contributed by atoms with Crippen LogP contribution in [0.5, 0.6) is 0 Å². The Kier molecular flexibility index (Phi) is 3.73. The molecule has 0 spiro atoms. The minimum Gasteiger partial charge on any atom is -0.383 e. The van der Waals surface area contributed by atoms with Gasteiger partial charge in [-0.2, -0.15) is 14.6 Å². The van der Waals surface area contributed by atoms with Gasteiger partial charge in [-0.15, -0.1) is 0 Å². The number of rotatable bonds is 3. The Balaban J connectivity index is 1.85. The van der Waals surface area contributed by atoms with E-state index in [0.29, 0.717) is 22.3 Å². The van der Waals surface area contributed by atoms with Gasteiger partial charge in [-0.1, -0.05) is 43.4 Å². The van der Waals surface area contributed by atoms with E-state index in [1.54, 1.807) is 16.8 Å². The lowest BCUT2D eigenvalue weighted by Gasteiger charge is -2.03. The second-order valence-electron chi connectivity index (χ2n) is 6.38. The summed E-state index contributed by atoms with van der Waals surface area (Å²) < 4.78 is 1.56. The highest BCUT2D eigenvalue weighted by Crippen LogP contribution is 2.32. The van der Waals surface area contributed by atoms with Gasteiger partial charge in [-0.25, -0.2) is 0 Å². The molecule has 0 aliphatic carbocycles. The van der Waals surface area contributed by atoms with Crippen LogP contribution in [-0.2, 0) is 6.42 Å². The number of hydrogen-bond donors (Lipinski definition) is 1. The van der Waals surface area contributed by atoms with Crippen LogP contribution in [-0.4, -0.2) is 20.8 Å². The molecule has 0 saturated carbocycles. The number of fused-ring (bicyclic) bond motifs is 2. The topological polar surface area (TPSA) is 85.6 Å². The summed E-state index contributed by atoms with van der Waals surface area (Å²) in [5.41, 5.74) is 8.95. The van der Waals surface area contributed by atoms with Gasteiger partial charge in [0.05, 0.1) is 11.3 Å². The van der Waals surface area contributed by atoms with Crippen molar-refractivity contribution in [1.29, 1.82) is 0 Å². The van der Waals surface area contributed by atoms with Crippen LogP contribution < -0.4 is 11.3 Å². The van der Waals surface area contributed by atoms with Crippen molar-refractivity contribution < 1.29 is 0 Å². The Bertz CT molecular complexity index is 1090. The summed E-state index contributed by atoms with van der Waals surface area (Å²) in [5, 5.41) is 5.44. The van der Waals surface area contributed by atoms with E-state index in [0.717, 1.165) is 28.3 Å². The molecule has 126 valence electrons. The lowest BCUT2D eigenvalue weighted by Crippen LogP contribution is -2.16. The van der Waals surface area contributed by atoms with Gasteiger partial charge in [0.2, 0.25) is 4.96 Å². The van der Waals surface area contributed by atoms with Gasteiger partial charge in [0.1, 0.15) is 10.8 Å². The SMILES string of the molecule is CC(C)Cc1nn2c(N)c(C=C3C=Nc4ccccc43)c(=O)nc2s1. The van der Waals surface area contributed by atoms with E-state index in [9.17, 15) is 4.79 Å². The summed E-state index contributed by atoms with van der Waals surface area (Å²) in [4.78, 5) is 21.5. The summed E-state index contributed by atoms with van der Waals surface area (Å²) in [6.45, 7) is 4.25. The van der Waals surface area contributed by atoms with Crippen molar-refractivity contribution in [2.45, 2.75) is 20.3 Å². The van der Waals surface area contributed by atoms with Gasteiger partial charge in [0.15, 0.2) is 0 Å². The Labute approximate surface area is 148 Å². The molecule has 7 heteroatoms. The summed E-state index contributed by atoms with van der Waals surface area (Å²) >= 11 is 1.41. The number of aliphatic imine (C=N–C) groups is 1. The van der Waals surface area contributed by atoms with Gasteiger partial charge in [0, 0.05) is 23.8 Å². The number of nitrogens with two attached hydrogens (primary N) is 1. The summed E-state index contributed by atoms with van der Waals surface area (Å²) in [6, 6.07) is 7.78. The molecule has 1 aliphatic rings. The van der Waals surface area contributed by atoms with Crippen LogP contribution in [0.1, 0.15) is 30.0 Å². The standard InChI is InChI=1S/C18H17N5OS/c1-10(2)7-15-22-23-16(19)13(17(24)21-18(23)25-15)8-11-9-20-14-6-4-3-5-12(11)14/h3-6,8-10H,7,19H2,1-2H3. The fourth-order valence-corrected chi connectivity index (χ4v) is 3.90. The highest BCUT2D eigenvalue weighted by molar-refractivity contribution is 7.16. The first-order valence-electron chi connectivity index (χ1n) is 8.06. The van der Waals surface area contributed by atoms with Gasteiger partial charge in [-0.05, 0) is 18.1 Å². The monoisotopic (exact) mass is 351 g/mol. The molecule has 4 rings (SSSR count). The highest BCUT2D eigenvalue weighted by atomic mass is 32.1. The lowest BCUT2D eigenvalue weighted by atomic mass is 10.1. The van der Waals surface area contributed by atoms with Crippen molar-refractivity contribution >= 4 is 45.7 Å². The fourth-order valence-electron chi connectivity index (χ4n) is 2.80. The van der Waals surface area contributed by atoms with E-state index < -0.39 is 0 Å². The zero-order valence-electron chi connectivity index (χ0n) is 13.9. The molecule has 2 aromatic heterocycles. The number of nitrogen functional groups attached to an aromatic ring is 1. The molecule has 3 aromatic rings. The fraction of sp³-hybridized carbons (Fsp3) is 0.222. The predicted octanol–water partition coefficient (Wildman–Crippen LogP) is 3.19. The van der Waals surface area contributed by atoms with Gasteiger partial charge in [-0.3, -0.25) is 9.79 Å². The van der Waals surface area contributed by atoms with E-state index >= 15 is 0 Å². The number of allylic oxidation sites excluding steroid dienone is 1. The molecule has 25 heavy (non-hydrogen) atoms. The maximum Gasteiger partial charge on any atom is 0.283 e. The van der Waals surface area contributed by atoms with E-state index in [-0.39, 0.29) is 5.56 Å². The number of nitrogens with zero attached hydrogens (tertiary/aromatic N) is 4. The van der Waals surface area contributed by atoms with E-state index in [1.165, 1.54) is 11.3 Å². The molecule has 0 atom stereocenters. The lowest BCUT2D eigenvalue weighted by molar-refractivity contribution is 0.636. The van der Waals surface area contributed by atoms with Crippen LogP contribution in [0.25, 0.3) is 16.6 Å². The van der Waals surface area contributed by atoms with E-state index in [2.05, 4.69) is 28.9 Å². The smallest absolute Gasteiger partial charge is 0.283 e. The van der Waals surface area contributed by atoms with Gasteiger partial charge < -0.3 is 5.73 Å². The van der Waals surface area contributed by atoms with Gasteiger partial charge >= 0.3 is 0 Å². The summed E-state index contributed by atoms with van der Waals surface area (Å²) in [7, 11) is 0. The van der Waals surface area contributed by atoms with E-state index in [4.69, 9.17) is 5.73 Å². The molecular formula is C18H17N5OS. The van der Waals surface area contributed by atoms with Gasteiger partial charge in [0.25, 0.3) is 5.56 Å². The Morgan fingerprint density at radius 2 is 2.12 bits per heavy atom. The van der Waals surface area contributed by atoms with Crippen LogP contribution in [0, 0.1) is 5.92 Å². The third-order valence-corrected chi connectivity index (χ3v) is 4.90. The molecule has 0 saturated heterocycles. The molecule has 3 heterocycles. The molecule has 0 radical (unpaired) electrons. The highest BCUT2D eigenvalue weighted by Gasteiger charge is 2.17. The molecule has 2 N–H and O–H groups in total. The predicted molar refractivity (Wildman–Crippen MR) is 103 cm³/mol. The number of benzene rings is 1. The summed E-state index contributed by atoms with van der Waals surface area (Å²) in [6.07, 6.45) is 4.32. The molecule has 0 fully saturated rings. The number of aromatic nitrogens is 3. The van der Waals surface area contributed by atoms with Crippen LogP contribution in [0.4, 0.5) is 11.5 Å². The normalized spacial score (nSPS) is 14.8. The Morgan fingerprint density at radius 3 is 2.92 bits per heavy atom. The molecule has 1 aliphatic heterocycles. The first-order chi connectivity index (χ1) is 12.0. The zero-order chi connectivity index (χ0) is 17.6. The van der Waals surface area contributed by atoms with Crippen molar-refractivity contribution in [3.8, 4) is 0 Å². The zero-order valence-corrected chi connectivity index (χ0v) is 14.7. The minimum absolute atomic E-state index is 0.312. The van der Waals surface area contributed by atoms with Crippen molar-refractivity contribution in [1.82, 2.24) is 14.6 Å². The van der Waals surface area contributed by atoms with Crippen molar-refractivity contribution in [2.24, 2.45) is 10.9 Å². The molecule has 0 bridgehead atoms. The Morgan fingerprint density at radius 1 is 1.32 bits per heavy atom. The number of para-hydroxylation sites is 1. The third kappa shape index (κ3) is 2.76. The maximum atomic E-state index is 12.5. The van der Waals surface area contributed by atoms with Crippen molar-refractivity contribution in [3.05, 3.63) is 50.8 Å². The van der Waals surface area contributed by atoms with Crippen LogP contribution in [0.2, 0.25) is 0 Å².